The molecule has 2 aliphatic rings. The van der Waals surface area contributed by atoms with Gasteiger partial charge in [0, 0.05) is 19.3 Å². The lowest BCUT2D eigenvalue weighted by Crippen LogP contribution is -2.51. The number of aromatic nitrogens is 4. The number of ether oxygens (including phenoxy) is 2. The third-order valence-electron chi connectivity index (χ3n) is 11.0. The average molecular weight is 817 g/mol. The molecule has 6 rings (SSSR count). The second-order valence-electron chi connectivity index (χ2n) is 15.6. The number of methoxy groups -OCH3 is 2. The Morgan fingerprint density at radius 1 is 0.707 bits per heavy atom. The zero-order chi connectivity index (χ0) is 41.9. The van der Waals surface area contributed by atoms with Gasteiger partial charge in [-0.1, -0.05) is 76.2 Å². The maximum absolute atomic E-state index is 13.8. The zero-order valence-electron chi connectivity index (χ0n) is 33.8. The molecule has 16 nitrogen and oxygen atoms in total. The number of hydrogen-bond acceptors (Lipinski definition) is 10. The molecule has 2 saturated heterocycles. The predicted octanol–water partition coefficient (Wildman–Crippen LogP) is 5.25. The van der Waals surface area contributed by atoms with Crippen LogP contribution in [0.2, 0.25) is 0 Å². The highest BCUT2D eigenvalue weighted by molar-refractivity contribution is 7.91. The number of nitrogens with one attached hydrogen (secondary N) is 4. The monoisotopic (exact) mass is 816 g/mol. The summed E-state index contributed by atoms with van der Waals surface area (Å²) < 4.78 is 34.7. The van der Waals surface area contributed by atoms with Crippen LogP contribution in [0.1, 0.15) is 70.7 Å². The van der Waals surface area contributed by atoms with E-state index < -0.39 is 51.3 Å². The fourth-order valence-electron chi connectivity index (χ4n) is 7.67. The van der Waals surface area contributed by atoms with Gasteiger partial charge in [-0.05, 0) is 53.4 Å². The summed E-state index contributed by atoms with van der Waals surface area (Å²) in [6, 6.07) is 13.5. The highest BCUT2D eigenvalue weighted by Gasteiger charge is 2.45. The number of benzene rings is 2. The molecule has 2 aromatic carbocycles. The van der Waals surface area contributed by atoms with Crippen LogP contribution in [0.15, 0.2) is 60.9 Å². The number of H-pyrrole nitrogens is 2. The number of amides is 4. The smallest absolute Gasteiger partial charge is 0.407 e. The van der Waals surface area contributed by atoms with Crippen molar-refractivity contribution in [3.63, 3.8) is 0 Å². The number of sulfone groups is 1. The minimum absolute atomic E-state index is 0.0178. The first-order valence-electron chi connectivity index (χ1n) is 19.4. The second kappa shape index (κ2) is 17.4. The molecule has 2 fully saturated rings. The molecule has 58 heavy (non-hydrogen) atoms. The Balaban J connectivity index is 1.14. The van der Waals surface area contributed by atoms with E-state index in [2.05, 4.69) is 30.6 Å². The molecule has 4 N–H and O–H groups in total. The van der Waals surface area contributed by atoms with Crippen molar-refractivity contribution in [2.45, 2.75) is 76.4 Å². The molecule has 4 amide bonds. The number of alkyl carbamates (subject to hydrolysis) is 2. The van der Waals surface area contributed by atoms with Gasteiger partial charge < -0.3 is 39.9 Å². The molecule has 0 bridgehead atoms. The van der Waals surface area contributed by atoms with Gasteiger partial charge in [0.25, 0.3) is 0 Å². The molecular formula is C41H52N8O8S. The number of imidazole rings is 2. The number of likely N-dealkylation sites (tertiary alicyclic amines) is 2. The normalized spacial score (nSPS) is 19.3. The molecule has 5 atom stereocenters. The van der Waals surface area contributed by atoms with Crippen molar-refractivity contribution < 1.29 is 37.1 Å². The van der Waals surface area contributed by atoms with E-state index in [1.807, 2.05) is 62.4 Å². The molecule has 0 spiro atoms. The molecule has 4 aromatic rings. The van der Waals surface area contributed by atoms with Crippen LogP contribution >= 0.6 is 0 Å². The van der Waals surface area contributed by atoms with Crippen LogP contribution in [-0.4, -0.2) is 113 Å². The number of carbonyl (C=O) groups is 4. The molecular weight excluding hydrogens is 765 g/mol. The summed E-state index contributed by atoms with van der Waals surface area (Å²) in [5, 5.41) is 4.49. The van der Waals surface area contributed by atoms with E-state index in [0.717, 1.165) is 40.8 Å². The number of nitrogens with zero attached hydrogens (tertiary/aromatic N) is 4. The first-order valence-corrected chi connectivity index (χ1v) is 21.3. The molecule has 1 unspecified atom stereocenters. The molecule has 0 saturated carbocycles. The van der Waals surface area contributed by atoms with E-state index in [1.54, 1.807) is 31.1 Å². The summed E-state index contributed by atoms with van der Waals surface area (Å²) >= 11 is 0. The Morgan fingerprint density at radius 3 is 1.57 bits per heavy atom. The van der Waals surface area contributed by atoms with Crippen molar-refractivity contribution in [1.82, 2.24) is 40.4 Å². The van der Waals surface area contributed by atoms with Crippen molar-refractivity contribution >= 4 is 33.8 Å². The maximum Gasteiger partial charge on any atom is 0.407 e. The number of aromatic amines is 2. The second-order valence-corrected chi connectivity index (χ2v) is 17.9. The van der Waals surface area contributed by atoms with Crippen molar-refractivity contribution in [3.05, 3.63) is 72.6 Å². The van der Waals surface area contributed by atoms with Gasteiger partial charge in [0.05, 0.1) is 55.3 Å². The number of hydrogen-bond donors (Lipinski definition) is 4. The van der Waals surface area contributed by atoms with Crippen LogP contribution in [-0.2, 0) is 28.9 Å². The molecule has 0 radical (unpaired) electrons. The van der Waals surface area contributed by atoms with E-state index in [-0.39, 0.29) is 36.8 Å². The van der Waals surface area contributed by atoms with Gasteiger partial charge in [-0.3, -0.25) is 9.59 Å². The summed E-state index contributed by atoms with van der Waals surface area (Å²) in [4.78, 5) is 70.6. The van der Waals surface area contributed by atoms with Crippen LogP contribution in [0.3, 0.4) is 0 Å². The summed E-state index contributed by atoms with van der Waals surface area (Å²) in [6.07, 6.45) is 4.98. The van der Waals surface area contributed by atoms with E-state index in [9.17, 15) is 27.6 Å². The van der Waals surface area contributed by atoms with E-state index in [4.69, 9.17) is 9.47 Å². The topological polar surface area (TPSA) is 209 Å². The van der Waals surface area contributed by atoms with Gasteiger partial charge in [0.1, 0.15) is 23.7 Å². The number of rotatable bonds is 12. The fraction of sp³-hybridized carbons (Fsp3) is 0.463. The average Bonchev–Trinajstić information content (AvgIpc) is 4.04. The van der Waals surface area contributed by atoms with Gasteiger partial charge in [0.2, 0.25) is 11.8 Å². The van der Waals surface area contributed by atoms with Crippen LogP contribution in [0.4, 0.5) is 9.59 Å². The molecule has 2 aliphatic heterocycles. The van der Waals surface area contributed by atoms with Gasteiger partial charge in [-0.15, -0.1) is 0 Å². The highest BCUT2D eigenvalue weighted by atomic mass is 32.2. The van der Waals surface area contributed by atoms with Crippen molar-refractivity contribution in [2.24, 2.45) is 11.8 Å². The van der Waals surface area contributed by atoms with Gasteiger partial charge >= 0.3 is 12.2 Å². The Hall–Kier alpha value is -5.71. The minimum Gasteiger partial charge on any atom is -0.453 e. The summed E-state index contributed by atoms with van der Waals surface area (Å²) in [5.41, 5.74) is 5.31. The summed E-state index contributed by atoms with van der Waals surface area (Å²) in [7, 11) is -0.980. The van der Waals surface area contributed by atoms with Crippen LogP contribution in [0.25, 0.3) is 33.6 Å². The van der Waals surface area contributed by atoms with Crippen LogP contribution in [0.5, 0.6) is 0 Å². The Bertz CT molecular complexity index is 2220. The Morgan fingerprint density at radius 2 is 1.14 bits per heavy atom. The molecule has 17 heteroatoms. The Labute approximate surface area is 338 Å². The largest absolute Gasteiger partial charge is 0.453 e. The van der Waals surface area contributed by atoms with Gasteiger partial charge in [-0.2, -0.15) is 0 Å². The van der Waals surface area contributed by atoms with Crippen molar-refractivity contribution in [1.29, 1.82) is 0 Å². The quantitative estimate of drug-likeness (QED) is 0.146. The summed E-state index contributed by atoms with van der Waals surface area (Å²) in [6.45, 7) is 7.92. The predicted molar refractivity (Wildman–Crippen MR) is 217 cm³/mol. The number of carbonyl (C=O) groups excluding carboxylic acids is 4. The SMILES string of the molecule is COC(=O)N[C@H](C(=O)N1CCC[C@H]1c1ncc(-c2ccc(-c3ccc(-c4cnc([C@@H]5CC(S(C)(=O)=O)CN5C(=O)[C@@H](NC(=O)OC)C(C)C)[nH]4)cc3)cc2)[nH]1)C(C)C. The molecule has 4 heterocycles. The van der Waals surface area contributed by atoms with Crippen molar-refractivity contribution in [3.8, 4) is 33.6 Å². The highest BCUT2D eigenvalue weighted by Crippen LogP contribution is 2.37. The van der Waals surface area contributed by atoms with Crippen molar-refractivity contribution in [2.75, 3.05) is 33.6 Å². The molecule has 310 valence electrons. The van der Waals surface area contributed by atoms with Crippen LogP contribution < -0.4 is 10.6 Å². The third-order valence-corrected chi connectivity index (χ3v) is 12.6. The lowest BCUT2D eigenvalue weighted by molar-refractivity contribution is -0.136. The van der Waals surface area contributed by atoms with E-state index in [0.29, 0.717) is 23.9 Å². The lowest BCUT2D eigenvalue weighted by Gasteiger charge is -2.30. The lowest BCUT2D eigenvalue weighted by atomic mass is 10.0. The molecule has 2 aromatic heterocycles. The van der Waals surface area contributed by atoms with E-state index >= 15 is 0 Å². The third kappa shape index (κ3) is 9.03. The maximum atomic E-state index is 13.8. The van der Waals surface area contributed by atoms with Gasteiger partial charge in [0.15, 0.2) is 9.84 Å². The first kappa shape index (κ1) is 41.9. The van der Waals surface area contributed by atoms with Gasteiger partial charge in [-0.25, -0.2) is 28.0 Å². The molecule has 0 aliphatic carbocycles. The standard InChI is InChI=1S/C41H52N8O8S/c1-23(2)34(46-40(52)56-5)38(50)48-18-8-9-32(48)36-42-20-30(44-36)27-14-10-25(11-15-27)26-12-16-28(17-13-26)31-21-43-37(45-31)33-19-29(58(7,54)55)22-49(33)39(51)35(24(3)4)47-41(53)57-6/h10-17,20-21,23-24,29,32-35H,8-9,18-19,22H2,1-7H3,(H,42,44)(H,43,45)(H,46,52)(H,47,53)/t29?,32-,33-,34-,35-/m0/s1. The minimum atomic E-state index is -3.47. The Kier molecular flexibility index (Phi) is 12.6. The fourth-order valence-corrected chi connectivity index (χ4v) is 8.63. The summed E-state index contributed by atoms with van der Waals surface area (Å²) in [5.74, 6) is 0.183. The van der Waals surface area contributed by atoms with E-state index in [1.165, 1.54) is 25.4 Å². The van der Waals surface area contributed by atoms with Crippen LogP contribution in [0, 0.1) is 11.8 Å². The first-order chi connectivity index (χ1) is 27.6. The zero-order valence-corrected chi connectivity index (χ0v) is 34.6.